The number of nitrogens with zero attached hydrogens (tertiary/aromatic N) is 5. The lowest BCUT2D eigenvalue weighted by atomic mass is 10.0. The van der Waals surface area contributed by atoms with E-state index in [0.29, 0.717) is 36.2 Å². The fourth-order valence-corrected chi connectivity index (χ4v) is 5.33. The maximum atomic E-state index is 13.7. The molecular weight excluding hydrogens is 541 g/mol. The molecule has 0 saturated carbocycles. The molecule has 2 atom stereocenters. The van der Waals surface area contributed by atoms with Crippen molar-refractivity contribution in [2.24, 2.45) is 0 Å². The van der Waals surface area contributed by atoms with E-state index in [1.54, 1.807) is 23.2 Å². The molecule has 13 heteroatoms. The number of alkyl halides is 3. The predicted octanol–water partition coefficient (Wildman–Crippen LogP) is 5.11. The van der Waals surface area contributed by atoms with E-state index in [4.69, 9.17) is 14.2 Å². The van der Waals surface area contributed by atoms with E-state index in [-0.39, 0.29) is 30.1 Å². The van der Waals surface area contributed by atoms with Gasteiger partial charge in [-0.1, -0.05) is 12.1 Å². The molecule has 2 fully saturated rings. The second kappa shape index (κ2) is 10.5. The number of ether oxygens (including phenoxy) is 3. The molecule has 1 N–H and O–H groups in total. The zero-order valence-corrected chi connectivity index (χ0v) is 22.5. The van der Waals surface area contributed by atoms with Gasteiger partial charge in [-0.2, -0.15) is 13.2 Å². The van der Waals surface area contributed by atoms with E-state index in [2.05, 4.69) is 25.2 Å². The van der Waals surface area contributed by atoms with Crippen molar-refractivity contribution in [1.29, 1.82) is 0 Å². The molecule has 2 aromatic heterocycles. The quantitative estimate of drug-likeness (QED) is 0.452. The van der Waals surface area contributed by atoms with Gasteiger partial charge in [-0.3, -0.25) is 4.90 Å². The highest BCUT2D eigenvalue weighted by atomic mass is 19.4. The Hall–Kier alpha value is -3.97. The first kappa shape index (κ1) is 27.2. The van der Waals surface area contributed by atoms with Gasteiger partial charge in [0, 0.05) is 36.6 Å². The van der Waals surface area contributed by atoms with Crippen LogP contribution in [0.5, 0.6) is 5.88 Å². The first-order valence-electron chi connectivity index (χ1n) is 13.4. The Morgan fingerprint density at radius 1 is 1.22 bits per heavy atom. The third-order valence-electron chi connectivity index (χ3n) is 7.22. The van der Waals surface area contributed by atoms with Crippen LogP contribution in [0.3, 0.4) is 0 Å². The summed E-state index contributed by atoms with van der Waals surface area (Å²) in [6.45, 7) is 5.69. The number of hydrogen-bond donors (Lipinski definition) is 1. The Balaban J connectivity index is 1.24. The molecule has 6 rings (SSSR count). The molecule has 2 amide bonds. The van der Waals surface area contributed by atoms with Crippen LogP contribution in [0.1, 0.15) is 32.3 Å². The predicted molar refractivity (Wildman–Crippen MR) is 144 cm³/mol. The summed E-state index contributed by atoms with van der Waals surface area (Å²) in [6, 6.07) is 7.53. The summed E-state index contributed by atoms with van der Waals surface area (Å²) in [5.74, 6) is 0.108. The number of anilines is 3. The molecule has 41 heavy (non-hydrogen) atoms. The molecule has 3 aliphatic rings. The Kier molecular flexibility index (Phi) is 6.94. The average Bonchev–Trinajstić information content (AvgIpc) is 3.30. The summed E-state index contributed by atoms with van der Waals surface area (Å²) in [6.07, 6.45) is 0.00221. The highest BCUT2D eigenvalue weighted by Crippen LogP contribution is 2.39. The van der Waals surface area contributed by atoms with Crippen LogP contribution < -0.4 is 19.9 Å². The topological polar surface area (TPSA) is 102 Å². The summed E-state index contributed by atoms with van der Waals surface area (Å²) in [7, 11) is 0. The first-order valence-corrected chi connectivity index (χ1v) is 13.4. The van der Waals surface area contributed by atoms with Crippen LogP contribution >= 0.6 is 0 Å². The molecule has 2 saturated heterocycles. The van der Waals surface area contributed by atoms with Crippen molar-refractivity contribution in [2.45, 2.75) is 50.8 Å². The van der Waals surface area contributed by atoms with Gasteiger partial charge in [0.05, 0.1) is 30.1 Å². The number of amides is 2. The molecule has 3 aromatic rings. The van der Waals surface area contributed by atoms with Crippen molar-refractivity contribution in [3.8, 4) is 17.3 Å². The number of carbonyl (C=O) groups excluding carboxylic acids is 1. The molecule has 2 bridgehead atoms. The lowest BCUT2D eigenvalue weighted by molar-refractivity contribution is -0.141. The zero-order chi connectivity index (χ0) is 28.8. The van der Waals surface area contributed by atoms with Gasteiger partial charge in [0.15, 0.2) is 17.4 Å². The molecule has 0 spiro atoms. The molecule has 5 heterocycles. The zero-order valence-electron chi connectivity index (χ0n) is 22.5. The van der Waals surface area contributed by atoms with Gasteiger partial charge in [0.25, 0.3) is 0 Å². The fourth-order valence-electron chi connectivity index (χ4n) is 5.33. The SMILES string of the molecule is CC1(C)OC[C@H](COc2cc(NC(=O)N3c4nc(-c5cccc(C(F)(F)F)c5)ncc4N4CCC[C@H]3C4)ccn2)O1. The molecule has 0 radical (unpaired) electrons. The van der Waals surface area contributed by atoms with Crippen LogP contribution in [0.4, 0.5) is 35.2 Å². The minimum absolute atomic E-state index is 0.106. The first-order chi connectivity index (χ1) is 19.6. The summed E-state index contributed by atoms with van der Waals surface area (Å²) >= 11 is 0. The van der Waals surface area contributed by atoms with Gasteiger partial charge in [0.2, 0.25) is 5.88 Å². The number of halogens is 3. The van der Waals surface area contributed by atoms with Crippen molar-refractivity contribution in [3.05, 3.63) is 54.4 Å². The molecule has 0 unspecified atom stereocenters. The molecule has 10 nitrogen and oxygen atoms in total. The van der Waals surface area contributed by atoms with Gasteiger partial charge in [-0.25, -0.2) is 19.7 Å². The molecule has 216 valence electrons. The van der Waals surface area contributed by atoms with E-state index >= 15 is 0 Å². The van der Waals surface area contributed by atoms with Crippen LogP contribution in [0, 0.1) is 0 Å². The maximum absolute atomic E-state index is 13.7. The Labute approximate surface area is 234 Å². The Bertz CT molecular complexity index is 1450. The van der Waals surface area contributed by atoms with E-state index in [1.165, 1.54) is 18.3 Å². The largest absolute Gasteiger partial charge is 0.475 e. The van der Waals surface area contributed by atoms with Gasteiger partial charge in [-0.15, -0.1) is 0 Å². The summed E-state index contributed by atoms with van der Waals surface area (Å²) in [5, 5.41) is 2.91. The lowest BCUT2D eigenvalue weighted by Crippen LogP contribution is -2.56. The van der Waals surface area contributed by atoms with Crippen molar-refractivity contribution < 1.29 is 32.2 Å². The minimum atomic E-state index is -4.50. The Morgan fingerprint density at radius 2 is 2.07 bits per heavy atom. The van der Waals surface area contributed by atoms with E-state index in [9.17, 15) is 18.0 Å². The number of urea groups is 1. The van der Waals surface area contributed by atoms with Crippen molar-refractivity contribution in [2.75, 3.05) is 41.4 Å². The number of hydrogen-bond acceptors (Lipinski definition) is 8. The van der Waals surface area contributed by atoms with Gasteiger partial charge < -0.3 is 24.4 Å². The third kappa shape index (κ3) is 5.77. The molecular formula is C28H29F3N6O4. The highest BCUT2D eigenvalue weighted by Gasteiger charge is 2.39. The summed E-state index contributed by atoms with van der Waals surface area (Å²) in [4.78, 5) is 30.6. The van der Waals surface area contributed by atoms with Crippen LogP contribution in [0.2, 0.25) is 0 Å². The monoisotopic (exact) mass is 570 g/mol. The molecule has 3 aliphatic heterocycles. The smallest absolute Gasteiger partial charge is 0.416 e. The van der Waals surface area contributed by atoms with E-state index < -0.39 is 23.6 Å². The molecule has 1 aromatic carbocycles. The second-order valence-electron chi connectivity index (χ2n) is 10.7. The number of fused-ring (bicyclic) bond motifs is 4. The average molecular weight is 571 g/mol. The highest BCUT2D eigenvalue weighted by molar-refractivity contribution is 6.04. The maximum Gasteiger partial charge on any atom is 0.416 e. The number of benzene rings is 1. The Morgan fingerprint density at radius 3 is 2.85 bits per heavy atom. The van der Waals surface area contributed by atoms with Crippen molar-refractivity contribution in [3.63, 3.8) is 0 Å². The number of piperidine rings is 1. The van der Waals surface area contributed by atoms with E-state index in [1.807, 2.05) is 13.8 Å². The lowest BCUT2D eigenvalue weighted by Gasteiger charge is -2.45. The van der Waals surface area contributed by atoms with Crippen molar-refractivity contribution in [1.82, 2.24) is 15.0 Å². The van der Waals surface area contributed by atoms with Crippen LogP contribution in [-0.2, 0) is 15.7 Å². The van der Waals surface area contributed by atoms with Gasteiger partial charge >= 0.3 is 12.2 Å². The van der Waals surface area contributed by atoms with Gasteiger partial charge in [0.1, 0.15) is 12.7 Å². The number of aromatic nitrogens is 3. The number of nitrogens with one attached hydrogen (secondary N) is 1. The third-order valence-corrected chi connectivity index (χ3v) is 7.22. The van der Waals surface area contributed by atoms with Gasteiger partial charge in [-0.05, 0) is 44.9 Å². The summed E-state index contributed by atoms with van der Waals surface area (Å²) < 4.78 is 57.1. The molecule has 0 aliphatic carbocycles. The van der Waals surface area contributed by atoms with Crippen LogP contribution in [0.25, 0.3) is 11.4 Å². The minimum Gasteiger partial charge on any atom is -0.475 e. The second-order valence-corrected chi connectivity index (χ2v) is 10.7. The van der Waals surface area contributed by atoms with Crippen LogP contribution in [0.15, 0.2) is 48.8 Å². The fraction of sp³-hybridized carbons (Fsp3) is 0.429. The number of pyridine rings is 1. The number of rotatable bonds is 5. The standard InChI is InChI=1S/C28H29F3N6O4/c1-27(2)40-16-21(41-27)15-39-23-12-19(8-9-32-23)34-26(38)37-20-7-4-10-36(14-20)22-13-33-24(35-25(22)37)17-5-3-6-18(11-17)28(29,30)31/h3,5-6,8-9,11-13,20-21H,4,7,10,14-16H2,1-2H3,(H,32,34,38)/t20-,21-/m0/s1. The summed E-state index contributed by atoms with van der Waals surface area (Å²) in [5.41, 5.74) is 0.547. The van der Waals surface area contributed by atoms with E-state index in [0.717, 1.165) is 31.5 Å². The number of carbonyl (C=O) groups is 1. The van der Waals surface area contributed by atoms with Crippen molar-refractivity contribution >= 4 is 23.2 Å². The normalized spacial score (nSPS) is 21.4. The van der Waals surface area contributed by atoms with Crippen LogP contribution in [-0.4, -0.2) is 65.2 Å².